The molecule has 0 aliphatic carbocycles. The molecule has 2 amide bonds. The van der Waals surface area contributed by atoms with E-state index in [1.54, 1.807) is 19.2 Å². The predicted octanol–water partition coefficient (Wildman–Crippen LogP) is 1.87. The van der Waals surface area contributed by atoms with Gasteiger partial charge < -0.3 is 24.4 Å². The van der Waals surface area contributed by atoms with Crippen molar-refractivity contribution in [1.82, 2.24) is 19.4 Å². The van der Waals surface area contributed by atoms with E-state index in [1.807, 2.05) is 21.6 Å². The number of anilines is 1. The maximum Gasteiger partial charge on any atom is 0.291 e. The number of nitrogens with zero attached hydrogens (tertiary/aromatic N) is 4. The summed E-state index contributed by atoms with van der Waals surface area (Å²) in [5.74, 6) is 0.599. The highest BCUT2D eigenvalue weighted by Gasteiger charge is 2.31. The molecule has 1 aromatic carbocycles. The van der Waals surface area contributed by atoms with Crippen molar-refractivity contribution in [2.45, 2.75) is 25.8 Å². The van der Waals surface area contributed by atoms with Crippen molar-refractivity contribution < 1.29 is 14.3 Å². The molecule has 0 radical (unpaired) electrons. The molecule has 1 fully saturated rings. The van der Waals surface area contributed by atoms with Crippen LogP contribution in [0.2, 0.25) is 0 Å². The van der Waals surface area contributed by atoms with Gasteiger partial charge in [0.15, 0.2) is 5.82 Å². The van der Waals surface area contributed by atoms with Gasteiger partial charge in [0.05, 0.1) is 12.8 Å². The SMILES string of the molecule is COc1cccc(NC(=O)c2nc(C(=O)N3CCN(C)CC3)c3n2CCCC3)c1. The fourth-order valence-electron chi connectivity index (χ4n) is 3.93. The summed E-state index contributed by atoms with van der Waals surface area (Å²) in [5.41, 5.74) is 1.95. The van der Waals surface area contributed by atoms with E-state index >= 15 is 0 Å². The minimum absolute atomic E-state index is 0.0656. The molecule has 0 spiro atoms. The van der Waals surface area contributed by atoms with Crippen molar-refractivity contribution in [1.29, 1.82) is 0 Å². The van der Waals surface area contributed by atoms with Crippen LogP contribution in [-0.4, -0.2) is 71.5 Å². The third-order valence-electron chi connectivity index (χ3n) is 5.64. The van der Waals surface area contributed by atoms with E-state index in [0.717, 1.165) is 38.0 Å². The molecule has 0 bridgehead atoms. The maximum atomic E-state index is 13.1. The Labute approximate surface area is 170 Å². The number of fused-ring (bicyclic) bond motifs is 1. The summed E-state index contributed by atoms with van der Waals surface area (Å²) in [6.45, 7) is 3.79. The van der Waals surface area contributed by atoms with E-state index in [0.29, 0.717) is 42.6 Å². The van der Waals surface area contributed by atoms with E-state index in [9.17, 15) is 9.59 Å². The number of piperazine rings is 1. The number of rotatable bonds is 4. The van der Waals surface area contributed by atoms with Crippen LogP contribution in [0.4, 0.5) is 5.69 Å². The first-order chi connectivity index (χ1) is 14.1. The monoisotopic (exact) mass is 397 g/mol. The van der Waals surface area contributed by atoms with Gasteiger partial charge in [-0.1, -0.05) is 6.07 Å². The predicted molar refractivity (Wildman–Crippen MR) is 110 cm³/mol. The second kappa shape index (κ2) is 8.24. The fourth-order valence-corrected chi connectivity index (χ4v) is 3.93. The highest BCUT2D eigenvalue weighted by molar-refractivity contribution is 6.03. The number of hydrogen-bond acceptors (Lipinski definition) is 5. The van der Waals surface area contributed by atoms with Gasteiger partial charge >= 0.3 is 0 Å². The molecule has 154 valence electrons. The van der Waals surface area contributed by atoms with Gasteiger partial charge in [-0.3, -0.25) is 9.59 Å². The lowest BCUT2D eigenvalue weighted by Gasteiger charge is -2.32. The summed E-state index contributed by atoms with van der Waals surface area (Å²) in [4.78, 5) is 34.7. The number of hydrogen-bond donors (Lipinski definition) is 1. The largest absolute Gasteiger partial charge is 0.497 e. The molecule has 8 nitrogen and oxygen atoms in total. The zero-order valence-electron chi connectivity index (χ0n) is 17.0. The topological polar surface area (TPSA) is 79.7 Å². The first-order valence-electron chi connectivity index (χ1n) is 10.1. The van der Waals surface area contributed by atoms with Crippen molar-refractivity contribution >= 4 is 17.5 Å². The van der Waals surface area contributed by atoms with Crippen LogP contribution in [0.15, 0.2) is 24.3 Å². The Morgan fingerprint density at radius 1 is 1.10 bits per heavy atom. The molecule has 2 aromatic rings. The van der Waals surface area contributed by atoms with Gasteiger partial charge in [0.1, 0.15) is 11.4 Å². The minimum Gasteiger partial charge on any atom is -0.497 e. The van der Waals surface area contributed by atoms with Crippen LogP contribution in [-0.2, 0) is 13.0 Å². The van der Waals surface area contributed by atoms with Gasteiger partial charge in [0, 0.05) is 44.5 Å². The number of ether oxygens (including phenoxy) is 1. The van der Waals surface area contributed by atoms with Gasteiger partial charge in [0.25, 0.3) is 11.8 Å². The number of carbonyl (C=O) groups excluding carboxylic acids is 2. The van der Waals surface area contributed by atoms with E-state index in [2.05, 4.69) is 22.2 Å². The number of carbonyl (C=O) groups is 2. The molecular weight excluding hydrogens is 370 g/mol. The molecule has 2 aliphatic rings. The molecular formula is C21H27N5O3. The Morgan fingerprint density at radius 3 is 2.66 bits per heavy atom. The smallest absolute Gasteiger partial charge is 0.291 e. The number of nitrogens with one attached hydrogen (secondary N) is 1. The van der Waals surface area contributed by atoms with Crippen LogP contribution < -0.4 is 10.1 Å². The number of benzene rings is 1. The van der Waals surface area contributed by atoms with Crippen LogP contribution in [0.1, 0.15) is 39.6 Å². The molecule has 3 heterocycles. The lowest BCUT2D eigenvalue weighted by Crippen LogP contribution is -2.47. The summed E-state index contributed by atoms with van der Waals surface area (Å²) < 4.78 is 7.14. The Morgan fingerprint density at radius 2 is 1.90 bits per heavy atom. The van der Waals surface area contributed by atoms with E-state index in [4.69, 9.17) is 4.74 Å². The van der Waals surface area contributed by atoms with Crippen molar-refractivity contribution in [3.8, 4) is 5.75 Å². The number of aromatic nitrogens is 2. The molecule has 0 atom stereocenters. The van der Waals surface area contributed by atoms with Gasteiger partial charge in [-0.25, -0.2) is 4.98 Å². The standard InChI is InChI=1S/C21H27N5O3/c1-24-10-12-25(13-11-24)21(28)18-17-8-3-4-9-26(17)19(23-18)20(27)22-15-6-5-7-16(14-15)29-2/h5-7,14H,3-4,8-13H2,1-2H3,(H,22,27). The van der Waals surface area contributed by atoms with Crippen molar-refractivity contribution in [2.75, 3.05) is 45.7 Å². The molecule has 4 rings (SSSR count). The zero-order valence-corrected chi connectivity index (χ0v) is 17.0. The third kappa shape index (κ3) is 3.98. The second-order valence-electron chi connectivity index (χ2n) is 7.62. The summed E-state index contributed by atoms with van der Waals surface area (Å²) >= 11 is 0. The molecule has 8 heteroatoms. The van der Waals surface area contributed by atoms with Crippen molar-refractivity contribution in [3.63, 3.8) is 0 Å². The molecule has 1 N–H and O–H groups in total. The first-order valence-corrected chi connectivity index (χ1v) is 10.1. The molecule has 0 unspecified atom stereocenters. The van der Waals surface area contributed by atoms with Crippen LogP contribution in [0.3, 0.4) is 0 Å². The highest BCUT2D eigenvalue weighted by atomic mass is 16.5. The summed E-state index contributed by atoms with van der Waals surface area (Å²) in [5, 5.41) is 2.89. The number of amides is 2. The summed E-state index contributed by atoms with van der Waals surface area (Å²) in [7, 11) is 3.64. The Kier molecular flexibility index (Phi) is 5.53. The number of methoxy groups -OCH3 is 1. The van der Waals surface area contributed by atoms with E-state index < -0.39 is 0 Å². The van der Waals surface area contributed by atoms with E-state index in [-0.39, 0.29) is 11.8 Å². The van der Waals surface area contributed by atoms with Crippen LogP contribution in [0.5, 0.6) is 5.75 Å². The highest BCUT2D eigenvalue weighted by Crippen LogP contribution is 2.24. The lowest BCUT2D eigenvalue weighted by molar-refractivity contribution is 0.0657. The van der Waals surface area contributed by atoms with Crippen LogP contribution in [0, 0.1) is 0 Å². The summed E-state index contributed by atoms with van der Waals surface area (Å²) in [6, 6.07) is 7.20. The van der Waals surface area contributed by atoms with Gasteiger partial charge in [-0.05, 0) is 38.4 Å². The molecule has 1 aromatic heterocycles. The first kappa shape index (κ1) is 19.4. The number of likely N-dealkylation sites (N-methyl/N-ethyl adjacent to an activating group) is 1. The quantitative estimate of drug-likeness (QED) is 0.852. The lowest BCUT2D eigenvalue weighted by atomic mass is 10.1. The van der Waals surface area contributed by atoms with Gasteiger partial charge in [0.2, 0.25) is 0 Å². The van der Waals surface area contributed by atoms with E-state index in [1.165, 1.54) is 0 Å². The number of imidazole rings is 1. The Bertz CT molecular complexity index is 915. The van der Waals surface area contributed by atoms with Crippen molar-refractivity contribution in [3.05, 3.63) is 41.5 Å². The van der Waals surface area contributed by atoms with Gasteiger partial charge in [-0.15, -0.1) is 0 Å². The Hall–Kier alpha value is -2.87. The normalized spacial score (nSPS) is 17.0. The summed E-state index contributed by atoms with van der Waals surface area (Å²) in [6.07, 6.45) is 2.75. The zero-order chi connectivity index (χ0) is 20.4. The van der Waals surface area contributed by atoms with Crippen molar-refractivity contribution in [2.24, 2.45) is 0 Å². The second-order valence-corrected chi connectivity index (χ2v) is 7.62. The average Bonchev–Trinajstić information content (AvgIpc) is 3.14. The van der Waals surface area contributed by atoms with Crippen LogP contribution >= 0.6 is 0 Å². The maximum absolute atomic E-state index is 13.1. The van der Waals surface area contributed by atoms with Crippen LogP contribution in [0.25, 0.3) is 0 Å². The Balaban J connectivity index is 1.60. The van der Waals surface area contributed by atoms with Gasteiger partial charge in [-0.2, -0.15) is 0 Å². The fraction of sp³-hybridized carbons (Fsp3) is 0.476. The molecule has 29 heavy (non-hydrogen) atoms. The average molecular weight is 397 g/mol. The minimum atomic E-state index is -0.307. The third-order valence-corrected chi connectivity index (χ3v) is 5.64. The molecule has 2 aliphatic heterocycles. The molecule has 1 saturated heterocycles. The molecule has 0 saturated carbocycles.